The number of aromatic nitrogens is 2. The number of carbonyl (C=O) groups excluding carboxylic acids is 2. The number of methoxy groups -OCH3 is 2. The van der Waals surface area contributed by atoms with Crippen molar-refractivity contribution in [2.24, 2.45) is 0 Å². The topological polar surface area (TPSA) is 112 Å². The van der Waals surface area contributed by atoms with Crippen LogP contribution in [0.15, 0.2) is 65.5 Å². The van der Waals surface area contributed by atoms with Crippen molar-refractivity contribution >= 4 is 17.5 Å². The van der Waals surface area contributed by atoms with Crippen molar-refractivity contribution in [2.75, 3.05) is 26.1 Å². The standard InChI is InChI=1S/C23H24N4O5/c1-31-18-7-3-16(4-8-18)13-14-24-21(28)15-27-22(29)12-11-20(26-27)23(30)25-17-5-9-19(32-2)10-6-17/h3-12H,13-15H2,1-2H3,(H,24,28)(H,25,30). The second-order valence-corrected chi connectivity index (χ2v) is 6.85. The smallest absolute Gasteiger partial charge is 0.276 e. The number of anilines is 1. The lowest BCUT2D eigenvalue weighted by atomic mass is 10.1. The van der Waals surface area contributed by atoms with E-state index in [0.29, 0.717) is 24.4 Å². The fourth-order valence-electron chi connectivity index (χ4n) is 2.88. The number of hydrogen-bond acceptors (Lipinski definition) is 6. The Morgan fingerprint density at radius 2 is 1.53 bits per heavy atom. The van der Waals surface area contributed by atoms with E-state index in [1.54, 1.807) is 38.5 Å². The zero-order valence-electron chi connectivity index (χ0n) is 17.8. The Kier molecular flexibility index (Phi) is 7.58. The molecule has 0 atom stereocenters. The third-order valence-corrected chi connectivity index (χ3v) is 4.64. The predicted octanol–water partition coefficient (Wildman–Crippen LogP) is 1.87. The van der Waals surface area contributed by atoms with E-state index in [1.165, 1.54) is 12.1 Å². The zero-order valence-corrected chi connectivity index (χ0v) is 17.8. The Labute approximate surface area is 185 Å². The molecule has 0 aliphatic carbocycles. The van der Waals surface area contributed by atoms with Crippen molar-refractivity contribution in [1.29, 1.82) is 0 Å². The molecule has 0 saturated heterocycles. The Hall–Kier alpha value is -4.14. The Morgan fingerprint density at radius 3 is 2.16 bits per heavy atom. The van der Waals surface area contributed by atoms with E-state index in [2.05, 4.69) is 15.7 Å². The molecule has 9 heteroatoms. The van der Waals surface area contributed by atoms with Crippen molar-refractivity contribution in [3.8, 4) is 11.5 Å². The van der Waals surface area contributed by atoms with Crippen molar-refractivity contribution < 1.29 is 19.1 Å². The Morgan fingerprint density at radius 1 is 0.906 bits per heavy atom. The maximum atomic E-state index is 12.5. The summed E-state index contributed by atoms with van der Waals surface area (Å²) < 4.78 is 11.2. The van der Waals surface area contributed by atoms with Gasteiger partial charge in [-0.1, -0.05) is 12.1 Å². The van der Waals surface area contributed by atoms with Crippen LogP contribution in [-0.4, -0.2) is 42.4 Å². The molecule has 9 nitrogen and oxygen atoms in total. The van der Waals surface area contributed by atoms with Crippen LogP contribution >= 0.6 is 0 Å². The van der Waals surface area contributed by atoms with E-state index >= 15 is 0 Å². The molecule has 2 amide bonds. The summed E-state index contributed by atoms with van der Waals surface area (Å²) in [6.45, 7) is 0.114. The van der Waals surface area contributed by atoms with Gasteiger partial charge in [-0.15, -0.1) is 0 Å². The summed E-state index contributed by atoms with van der Waals surface area (Å²) >= 11 is 0. The van der Waals surface area contributed by atoms with E-state index in [0.717, 1.165) is 16.0 Å². The van der Waals surface area contributed by atoms with Crippen LogP contribution in [0.2, 0.25) is 0 Å². The van der Waals surface area contributed by atoms with E-state index < -0.39 is 11.5 Å². The number of ether oxygens (including phenoxy) is 2. The van der Waals surface area contributed by atoms with Crippen molar-refractivity contribution in [3.05, 3.63) is 82.3 Å². The summed E-state index contributed by atoms with van der Waals surface area (Å²) in [4.78, 5) is 36.8. The first-order chi connectivity index (χ1) is 15.5. The molecule has 166 valence electrons. The molecular weight excluding hydrogens is 412 g/mol. The van der Waals surface area contributed by atoms with Crippen molar-refractivity contribution in [1.82, 2.24) is 15.1 Å². The molecule has 0 aliphatic heterocycles. The van der Waals surface area contributed by atoms with Crippen LogP contribution < -0.4 is 25.7 Å². The molecule has 1 aromatic heterocycles. The molecular formula is C23H24N4O5. The monoisotopic (exact) mass is 436 g/mol. The summed E-state index contributed by atoms with van der Waals surface area (Å²) in [6.07, 6.45) is 0.627. The highest BCUT2D eigenvalue weighted by Gasteiger charge is 2.12. The average Bonchev–Trinajstić information content (AvgIpc) is 2.81. The van der Waals surface area contributed by atoms with Crippen molar-refractivity contribution in [2.45, 2.75) is 13.0 Å². The van der Waals surface area contributed by atoms with Gasteiger partial charge in [0.2, 0.25) is 5.91 Å². The van der Waals surface area contributed by atoms with Gasteiger partial charge in [-0.25, -0.2) is 4.68 Å². The van der Waals surface area contributed by atoms with Crippen LogP contribution in [0, 0.1) is 0 Å². The van der Waals surface area contributed by atoms with Gasteiger partial charge in [-0.05, 0) is 54.4 Å². The number of rotatable bonds is 9. The lowest BCUT2D eigenvalue weighted by molar-refractivity contribution is -0.121. The second-order valence-electron chi connectivity index (χ2n) is 6.85. The predicted molar refractivity (Wildman–Crippen MR) is 119 cm³/mol. The van der Waals surface area contributed by atoms with Gasteiger partial charge in [-0.2, -0.15) is 5.10 Å². The highest BCUT2D eigenvalue weighted by atomic mass is 16.5. The molecule has 0 radical (unpaired) electrons. The molecule has 0 aliphatic rings. The van der Waals surface area contributed by atoms with Gasteiger partial charge in [0.05, 0.1) is 14.2 Å². The fourth-order valence-corrected chi connectivity index (χ4v) is 2.88. The highest BCUT2D eigenvalue weighted by Crippen LogP contribution is 2.15. The molecule has 2 aromatic carbocycles. The zero-order chi connectivity index (χ0) is 22.9. The van der Waals surface area contributed by atoms with E-state index in [1.807, 2.05) is 24.3 Å². The molecule has 3 aromatic rings. The van der Waals surface area contributed by atoms with Crippen LogP contribution in [0.1, 0.15) is 16.1 Å². The van der Waals surface area contributed by atoms with Crippen LogP contribution in [0.3, 0.4) is 0 Å². The van der Waals surface area contributed by atoms with Crippen molar-refractivity contribution in [3.63, 3.8) is 0 Å². The molecule has 0 saturated carbocycles. The minimum Gasteiger partial charge on any atom is -0.497 e. The molecule has 0 unspecified atom stereocenters. The molecule has 2 N–H and O–H groups in total. The van der Waals surface area contributed by atoms with E-state index in [9.17, 15) is 14.4 Å². The molecule has 32 heavy (non-hydrogen) atoms. The summed E-state index contributed by atoms with van der Waals surface area (Å²) in [7, 11) is 3.15. The summed E-state index contributed by atoms with van der Waals surface area (Å²) in [6, 6.07) is 16.8. The maximum Gasteiger partial charge on any atom is 0.276 e. The third kappa shape index (κ3) is 6.18. The number of amides is 2. The SMILES string of the molecule is COc1ccc(CCNC(=O)Cn2nc(C(=O)Nc3ccc(OC)cc3)ccc2=O)cc1. The second kappa shape index (κ2) is 10.8. The molecule has 0 fully saturated rings. The minimum absolute atomic E-state index is 0.0199. The van der Waals surface area contributed by atoms with Crippen LogP contribution in [-0.2, 0) is 17.8 Å². The van der Waals surface area contributed by atoms with Crippen LogP contribution in [0.25, 0.3) is 0 Å². The lowest BCUT2D eigenvalue weighted by Crippen LogP contribution is -2.35. The number of nitrogens with one attached hydrogen (secondary N) is 2. The minimum atomic E-state index is -0.496. The van der Waals surface area contributed by atoms with Gasteiger partial charge in [0.15, 0.2) is 0 Å². The van der Waals surface area contributed by atoms with Gasteiger partial charge < -0.3 is 20.1 Å². The number of nitrogens with zero attached hydrogens (tertiary/aromatic N) is 2. The fraction of sp³-hybridized carbons (Fsp3) is 0.217. The van der Waals surface area contributed by atoms with Gasteiger partial charge in [0.25, 0.3) is 11.5 Å². The summed E-state index contributed by atoms with van der Waals surface area (Å²) in [5.41, 5.74) is 1.13. The number of benzene rings is 2. The molecule has 1 heterocycles. The normalized spacial score (nSPS) is 10.3. The molecule has 3 rings (SSSR count). The van der Waals surface area contributed by atoms with Crippen LogP contribution in [0.4, 0.5) is 5.69 Å². The first-order valence-corrected chi connectivity index (χ1v) is 9.91. The van der Waals surface area contributed by atoms with E-state index in [4.69, 9.17) is 9.47 Å². The highest BCUT2D eigenvalue weighted by molar-refractivity contribution is 6.02. The summed E-state index contributed by atoms with van der Waals surface area (Å²) in [5, 5.41) is 9.46. The lowest BCUT2D eigenvalue weighted by Gasteiger charge is -2.09. The first kappa shape index (κ1) is 22.5. The Balaban J connectivity index is 1.56. The van der Waals surface area contributed by atoms with Gasteiger partial charge in [-0.3, -0.25) is 14.4 Å². The molecule has 0 bridgehead atoms. The first-order valence-electron chi connectivity index (χ1n) is 9.91. The van der Waals surface area contributed by atoms with E-state index in [-0.39, 0.29) is 18.1 Å². The average molecular weight is 436 g/mol. The quantitative estimate of drug-likeness (QED) is 0.530. The molecule has 0 spiro atoms. The van der Waals surface area contributed by atoms with Gasteiger partial charge >= 0.3 is 0 Å². The van der Waals surface area contributed by atoms with Gasteiger partial charge in [0.1, 0.15) is 23.7 Å². The number of hydrogen-bond donors (Lipinski definition) is 2. The largest absolute Gasteiger partial charge is 0.497 e. The Bertz CT molecular complexity index is 1120. The van der Waals surface area contributed by atoms with Gasteiger partial charge in [0, 0.05) is 18.3 Å². The van der Waals surface area contributed by atoms with Crippen LogP contribution in [0.5, 0.6) is 11.5 Å². The maximum absolute atomic E-state index is 12.5. The summed E-state index contributed by atoms with van der Waals surface area (Å²) in [5.74, 6) is 0.552. The number of carbonyl (C=O) groups is 2. The third-order valence-electron chi connectivity index (χ3n) is 4.64.